The van der Waals surface area contributed by atoms with Crippen LogP contribution in [-0.4, -0.2) is 12.2 Å². The van der Waals surface area contributed by atoms with Crippen molar-refractivity contribution in [2.45, 2.75) is 32.5 Å². The summed E-state index contributed by atoms with van der Waals surface area (Å²) < 4.78 is 5.50. The molecule has 0 amide bonds. The zero-order valence-corrected chi connectivity index (χ0v) is 6.13. The highest BCUT2D eigenvalue weighted by Crippen LogP contribution is 2.25. The van der Waals surface area contributed by atoms with Crippen LogP contribution in [0.3, 0.4) is 0 Å². The molecule has 0 radical (unpaired) electrons. The van der Waals surface area contributed by atoms with E-state index in [1.165, 1.54) is 0 Å². The fourth-order valence-electron chi connectivity index (χ4n) is 1.18. The average molecular weight is 126 g/mol. The molecule has 1 rings (SSSR count). The second-order valence-electron chi connectivity index (χ2n) is 2.83. The van der Waals surface area contributed by atoms with Crippen LogP contribution in [0, 0.1) is 5.92 Å². The first kappa shape index (κ1) is 6.81. The molecule has 1 nitrogen and oxygen atoms in total. The van der Waals surface area contributed by atoms with Gasteiger partial charge in [-0.05, 0) is 19.3 Å². The summed E-state index contributed by atoms with van der Waals surface area (Å²) in [4.78, 5) is 0. The molecule has 0 saturated carbocycles. The molecule has 0 aromatic carbocycles. The molecule has 1 heterocycles. The second-order valence-corrected chi connectivity index (χ2v) is 2.83. The van der Waals surface area contributed by atoms with Gasteiger partial charge in [0.05, 0.1) is 12.2 Å². The number of rotatable bonds is 1. The lowest BCUT2D eigenvalue weighted by molar-refractivity contribution is 0.0726. The summed E-state index contributed by atoms with van der Waals surface area (Å²) in [7, 11) is 0. The molecule has 0 bridgehead atoms. The van der Waals surface area contributed by atoms with Gasteiger partial charge in [0.15, 0.2) is 0 Å². The maximum Gasteiger partial charge on any atom is 0.0760 e. The Labute approximate surface area is 56.7 Å². The van der Waals surface area contributed by atoms with Crippen molar-refractivity contribution in [2.24, 2.45) is 5.92 Å². The number of ether oxygens (including phenoxy) is 1. The first-order valence-electron chi connectivity index (χ1n) is 3.52. The van der Waals surface area contributed by atoms with E-state index in [1.54, 1.807) is 0 Å². The van der Waals surface area contributed by atoms with Gasteiger partial charge in [-0.3, -0.25) is 0 Å². The number of hydrogen-bond acceptors (Lipinski definition) is 1. The minimum absolute atomic E-state index is 0.315. The van der Waals surface area contributed by atoms with Crippen molar-refractivity contribution in [2.75, 3.05) is 0 Å². The molecule has 0 spiro atoms. The van der Waals surface area contributed by atoms with Crippen molar-refractivity contribution in [3.8, 4) is 0 Å². The summed E-state index contributed by atoms with van der Waals surface area (Å²) in [6.45, 7) is 8.02. The number of hydrogen-bond donors (Lipinski definition) is 0. The predicted molar refractivity (Wildman–Crippen MR) is 38.3 cm³/mol. The van der Waals surface area contributed by atoms with Crippen LogP contribution in [0.15, 0.2) is 12.7 Å². The van der Waals surface area contributed by atoms with Gasteiger partial charge in [-0.2, -0.15) is 0 Å². The van der Waals surface area contributed by atoms with E-state index in [0.29, 0.717) is 18.1 Å². The summed E-state index contributed by atoms with van der Waals surface area (Å²) >= 11 is 0. The summed E-state index contributed by atoms with van der Waals surface area (Å²) in [6, 6.07) is 0. The lowest BCUT2D eigenvalue weighted by atomic mass is 10.0. The Balaban J connectivity index is 2.43. The molecule has 0 aromatic rings. The van der Waals surface area contributed by atoms with Crippen LogP contribution < -0.4 is 0 Å². The maximum absolute atomic E-state index is 5.50. The van der Waals surface area contributed by atoms with E-state index in [9.17, 15) is 0 Å². The van der Waals surface area contributed by atoms with E-state index >= 15 is 0 Å². The van der Waals surface area contributed by atoms with Crippen LogP contribution in [0.25, 0.3) is 0 Å². The Kier molecular flexibility index (Phi) is 1.91. The lowest BCUT2D eigenvalue weighted by Crippen LogP contribution is -2.07. The third-order valence-corrected chi connectivity index (χ3v) is 2.06. The second kappa shape index (κ2) is 2.53. The molecule has 9 heavy (non-hydrogen) atoms. The van der Waals surface area contributed by atoms with Gasteiger partial charge < -0.3 is 4.74 Å². The van der Waals surface area contributed by atoms with Gasteiger partial charge in [0, 0.05) is 0 Å². The summed E-state index contributed by atoms with van der Waals surface area (Å²) in [6.07, 6.45) is 3.77. The monoisotopic (exact) mass is 126 g/mol. The van der Waals surface area contributed by atoms with Crippen molar-refractivity contribution >= 4 is 0 Å². The molecule has 52 valence electrons. The normalized spacial score (nSPS) is 43.1. The van der Waals surface area contributed by atoms with Crippen LogP contribution in [0.2, 0.25) is 0 Å². The van der Waals surface area contributed by atoms with Gasteiger partial charge in [0.1, 0.15) is 0 Å². The van der Waals surface area contributed by atoms with Crippen molar-refractivity contribution in [1.82, 2.24) is 0 Å². The van der Waals surface area contributed by atoms with Gasteiger partial charge >= 0.3 is 0 Å². The zero-order valence-electron chi connectivity index (χ0n) is 6.13. The van der Waals surface area contributed by atoms with Crippen LogP contribution in [0.5, 0.6) is 0 Å². The highest BCUT2D eigenvalue weighted by molar-refractivity contribution is 4.88. The SMILES string of the molecule is C=C[C@@H]1C[C@H](C)[C@@H](C)O1. The molecule has 1 saturated heterocycles. The summed E-state index contributed by atoms with van der Waals surface area (Å²) in [5, 5.41) is 0. The first-order chi connectivity index (χ1) is 4.24. The Morgan fingerprint density at radius 3 is 2.44 bits per heavy atom. The molecule has 1 aliphatic rings. The summed E-state index contributed by atoms with van der Waals surface area (Å²) in [5.41, 5.74) is 0. The van der Waals surface area contributed by atoms with Crippen LogP contribution >= 0.6 is 0 Å². The quantitative estimate of drug-likeness (QED) is 0.488. The van der Waals surface area contributed by atoms with E-state index in [0.717, 1.165) is 6.42 Å². The average Bonchev–Trinajstić information content (AvgIpc) is 2.13. The van der Waals surface area contributed by atoms with Crippen molar-refractivity contribution in [3.63, 3.8) is 0 Å². The smallest absolute Gasteiger partial charge is 0.0760 e. The van der Waals surface area contributed by atoms with Gasteiger partial charge in [-0.1, -0.05) is 13.0 Å². The Bertz CT molecular complexity index is 99.1. The van der Waals surface area contributed by atoms with Crippen molar-refractivity contribution in [3.05, 3.63) is 12.7 Å². The molecular weight excluding hydrogens is 112 g/mol. The van der Waals surface area contributed by atoms with Crippen LogP contribution in [0.4, 0.5) is 0 Å². The van der Waals surface area contributed by atoms with Gasteiger partial charge in [0.2, 0.25) is 0 Å². The lowest BCUT2D eigenvalue weighted by Gasteiger charge is -2.05. The fourth-order valence-corrected chi connectivity index (χ4v) is 1.18. The third-order valence-electron chi connectivity index (χ3n) is 2.06. The summed E-state index contributed by atoms with van der Waals surface area (Å²) in [5.74, 6) is 0.702. The molecule has 0 aliphatic carbocycles. The van der Waals surface area contributed by atoms with E-state index in [2.05, 4.69) is 20.4 Å². The van der Waals surface area contributed by atoms with Crippen molar-refractivity contribution < 1.29 is 4.74 Å². The first-order valence-corrected chi connectivity index (χ1v) is 3.52. The highest BCUT2D eigenvalue weighted by atomic mass is 16.5. The Hall–Kier alpha value is -0.300. The van der Waals surface area contributed by atoms with Gasteiger partial charge in [-0.25, -0.2) is 0 Å². The predicted octanol–water partition coefficient (Wildman–Crippen LogP) is 1.99. The van der Waals surface area contributed by atoms with E-state index in [4.69, 9.17) is 4.74 Å². The van der Waals surface area contributed by atoms with E-state index < -0.39 is 0 Å². The molecule has 1 heteroatoms. The largest absolute Gasteiger partial charge is 0.371 e. The van der Waals surface area contributed by atoms with Gasteiger partial charge in [-0.15, -0.1) is 6.58 Å². The molecule has 0 unspecified atom stereocenters. The van der Waals surface area contributed by atoms with Crippen LogP contribution in [-0.2, 0) is 4.74 Å². The van der Waals surface area contributed by atoms with Crippen LogP contribution in [0.1, 0.15) is 20.3 Å². The fraction of sp³-hybridized carbons (Fsp3) is 0.750. The standard InChI is InChI=1S/C8H14O/c1-4-8-5-6(2)7(3)9-8/h4,6-8H,1,5H2,2-3H3/t6-,7+,8+/m0/s1. The van der Waals surface area contributed by atoms with E-state index in [-0.39, 0.29) is 0 Å². The minimum Gasteiger partial charge on any atom is -0.371 e. The molecule has 3 atom stereocenters. The molecule has 0 aromatic heterocycles. The molecule has 0 N–H and O–H groups in total. The van der Waals surface area contributed by atoms with Gasteiger partial charge in [0.25, 0.3) is 0 Å². The molecular formula is C8H14O. The Morgan fingerprint density at radius 2 is 2.22 bits per heavy atom. The molecule has 1 aliphatic heterocycles. The van der Waals surface area contributed by atoms with E-state index in [1.807, 2.05) is 6.08 Å². The maximum atomic E-state index is 5.50. The van der Waals surface area contributed by atoms with Crippen molar-refractivity contribution in [1.29, 1.82) is 0 Å². The Morgan fingerprint density at radius 1 is 1.56 bits per heavy atom. The topological polar surface area (TPSA) is 9.23 Å². The zero-order chi connectivity index (χ0) is 6.85. The third kappa shape index (κ3) is 1.33. The highest BCUT2D eigenvalue weighted by Gasteiger charge is 2.26. The minimum atomic E-state index is 0.315. The molecule has 1 fully saturated rings.